The van der Waals surface area contributed by atoms with Gasteiger partial charge >= 0.3 is 37.7 Å². The second kappa shape index (κ2) is 9.54. The Morgan fingerprint density at radius 3 is 1.58 bits per heavy atom. The van der Waals surface area contributed by atoms with Crippen LogP contribution in [-0.2, 0) is 0 Å². The van der Waals surface area contributed by atoms with Crippen molar-refractivity contribution in [2.45, 2.75) is 0 Å². The van der Waals surface area contributed by atoms with Crippen LogP contribution in [0.5, 0.6) is 0 Å². The summed E-state index contributed by atoms with van der Waals surface area (Å²) in [6.07, 6.45) is -2.33. The van der Waals surface area contributed by atoms with E-state index in [1.165, 1.54) is 0 Å². The topological polar surface area (TPSA) is 83.4 Å². The maximum absolute atomic E-state index is 8.39. The number of carbonyl (C=O) groups excluding carboxylic acids is 1. The fraction of sp³-hybridized carbons (Fsp3) is 0.833. The fourth-order valence-corrected chi connectivity index (χ4v) is 0.300. The number of hydrogen-bond donors (Lipinski definition) is 1. The molecule has 0 spiro atoms. The van der Waals surface area contributed by atoms with Gasteiger partial charge in [0.15, 0.2) is 0 Å². The first kappa shape index (κ1) is 18.3. The van der Waals surface area contributed by atoms with Gasteiger partial charge in [-0.05, 0) is 6.16 Å². The van der Waals surface area contributed by atoms with Crippen LogP contribution >= 0.6 is 0 Å². The minimum atomic E-state index is -2.33. The van der Waals surface area contributed by atoms with Gasteiger partial charge in [0, 0.05) is 0 Å². The van der Waals surface area contributed by atoms with Crippen LogP contribution in [0.1, 0.15) is 0 Å². The summed E-state index contributed by atoms with van der Waals surface area (Å²) in [7, 11) is 6.16. The van der Waals surface area contributed by atoms with Gasteiger partial charge in [0.05, 0.1) is 27.7 Å². The van der Waals surface area contributed by atoms with Crippen molar-refractivity contribution in [2.24, 2.45) is 0 Å². The zero-order valence-electron chi connectivity index (χ0n) is 7.74. The molecule has 5 nitrogen and oxygen atoms in total. The van der Waals surface area contributed by atoms with Gasteiger partial charge in [0.1, 0.15) is 6.54 Å². The summed E-state index contributed by atoms with van der Waals surface area (Å²) in [5, 5.41) is 25.1. The molecule has 1 radical (unpaired) electrons. The number of likely N-dealkylation sites (N-methyl/N-ethyl adjacent to an activating group) is 1. The Bertz CT molecular complexity index is 109. The molecule has 6 heteroatoms. The quantitative estimate of drug-likeness (QED) is 0.380. The number of aliphatic hydroxyl groups is 1. The number of quaternary nitrogens is 1. The van der Waals surface area contributed by atoms with Gasteiger partial charge in [0.2, 0.25) is 0 Å². The van der Waals surface area contributed by atoms with Crippen molar-refractivity contribution in [1.29, 1.82) is 0 Å². The Morgan fingerprint density at radius 2 is 1.58 bits per heavy atom. The second-order valence-electron chi connectivity index (χ2n) is 2.99. The Hall–Kier alpha value is 0.450. The number of rotatable bonds is 2. The minimum absolute atomic E-state index is 0. The summed E-state index contributed by atoms with van der Waals surface area (Å²) in [5.74, 6) is 0. The number of nitrogens with zero attached hydrogens (tertiary/aromatic N) is 1. The maximum atomic E-state index is 8.39. The maximum Gasteiger partial charge on any atom is 1.00 e. The van der Waals surface area contributed by atoms with Gasteiger partial charge in [0.25, 0.3) is 0 Å². The molecule has 1 N–H and O–H groups in total. The summed E-state index contributed by atoms with van der Waals surface area (Å²) >= 11 is 0. The predicted molar refractivity (Wildman–Crippen MR) is 41.1 cm³/mol. The number of aliphatic hydroxyl groups excluding tert-OH is 1. The molecule has 0 saturated heterocycles. The molecule has 0 aliphatic carbocycles. The Morgan fingerprint density at radius 1 is 1.33 bits per heavy atom. The normalized spacial score (nSPS) is 9.00. The zero-order valence-corrected chi connectivity index (χ0v) is 9.95. The predicted octanol–water partition coefficient (Wildman–Crippen LogP) is -3.14. The van der Waals surface area contributed by atoms with Gasteiger partial charge in [-0.15, -0.1) is 0 Å². The molecule has 0 fully saturated rings. The first-order chi connectivity index (χ1) is 4.79. The van der Waals surface area contributed by atoms with E-state index in [0.29, 0.717) is 0 Å². The van der Waals surface area contributed by atoms with Crippen LogP contribution in [0.4, 0.5) is 4.79 Å². The van der Waals surface area contributed by atoms with Crippen LogP contribution < -0.4 is 10.2 Å². The summed E-state index contributed by atoms with van der Waals surface area (Å²) in [5.41, 5.74) is 0. The fourth-order valence-electron chi connectivity index (χ4n) is 0.300. The van der Waals surface area contributed by atoms with E-state index in [-0.39, 0.29) is 44.3 Å². The number of carbonyl (C=O) groups is 1. The van der Waals surface area contributed by atoms with Crippen molar-refractivity contribution in [3.8, 4) is 0 Å². The summed E-state index contributed by atoms with van der Waals surface area (Å²) in [6.45, 7) is 1.11. The van der Waals surface area contributed by atoms with Crippen molar-refractivity contribution in [3.05, 3.63) is 0 Å². The molecule has 0 aliphatic heterocycles. The third-order valence-corrected chi connectivity index (χ3v) is 0.771. The molecule has 0 amide bonds. The molecule has 0 aromatic carbocycles. The first-order valence-electron chi connectivity index (χ1n) is 3.09. The van der Waals surface area contributed by atoms with E-state index >= 15 is 0 Å². The number of carboxylic acid groups (broad SMARTS) is 2. The molecule has 0 bridgehead atoms. The van der Waals surface area contributed by atoms with Crippen LogP contribution in [0.25, 0.3) is 0 Å². The molecule has 0 rings (SSSR count). The van der Waals surface area contributed by atoms with Crippen LogP contribution in [-0.4, -0.2) is 87.8 Å². The monoisotopic (exact) mass is 204 g/mol. The van der Waals surface area contributed by atoms with Crippen LogP contribution in [0, 0.1) is 0 Å². The standard InChI is InChI=1S/C5H14NO.CH2O3.Ca/c1-6(2,3)4-5-7;2-1(3)4;/h7H,4-5H2,1-3H3;(H2,2,3,4);/q+1;;+1/p-2. The van der Waals surface area contributed by atoms with Gasteiger partial charge in [-0.25, -0.2) is 0 Å². The molecule has 0 aromatic rings. The van der Waals surface area contributed by atoms with Gasteiger partial charge < -0.3 is 24.6 Å². The summed E-state index contributed by atoms with van der Waals surface area (Å²) in [4.78, 5) is 8.33. The zero-order chi connectivity index (χ0) is 9.49. The summed E-state index contributed by atoms with van der Waals surface area (Å²) in [6, 6.07) is 0. The molecule has 0 aromatic heterocycles. The van der Waals surface area contributed by atoms with E-state index in [2.05, 4.69) is 21.1 Å². The molecule has 0 heterocycles. The average molecular weight is 204 g/mol. The third kappa shape index (κ3) is 47.1. The second-order valence-corrected chi connectivity index (χ2v) is 2.99. The molecule has 0 atom stereocenters. The van der Waals surface area contributed by atoms with Crippen LogP contribution in [0.2, 0.25) is 0 Å². The van der Waals surface area contributed by atoms with Gasteiger partial charge in [-0.3, -0.25) is 0 Å². The Labute approximate surface area is 102 Å². The SMILES string of the molecule is C[N+](C)(C)CCO.O=C([O-])[O-].[Ca+]. The van der Waals surface area contributed by atoms with E-state index in [4.69, 9.17) is 20.1 Å². The van der Waals surface area contributed by atoms with Crippen molar-refractivity contribution in [2.75, 3.05) is 34.3 Å². The van der Waals surface area contributed by atoms with Crippen molar-refractivity contribution in [1.82, 2.24) is 0 Å². The molecular weight excluding hydrogens is 190 g/mol. The van der Waals surface area contributed by atoms with E-state index in [0.717, 1.165) is 11.0 Å². The van der Waals surface area contributed by atoms with Crippen molar-refractivity contribution >= 4 is 43.9 Å². The minimum Gasteiger partial charge on any atom is -0.652 e. The van der Waals surface area contributed by atoms with E-state index in [1.54, 1.807) is 0 Å². The van der Waals surface area contributed by atoms with E-state index in [9.17, 15) is 0 Å². The van der Waals surface area contributed by atoms with Gasteiger partial charge in [-0.1, -0.05) is 0 Å². The molecule has 0 aliphatic rings. The summed E-state index contributed by atoms with van der Waals surface area (Å²) < 4.78 is 0.844. The van der Waals surface area contributed by atoms with E-state index in [1.807, 2.05) is 0 Å². The molecule has 0 unspecified atom stereocenters. The van der Waals surface area contributed by atoms with E-state index < -0.39 is 6.16 Å². The van der Waals surface area contributed by atoms with Crippen LogP contribution in [0.3, 0.4) is 0 Å². The molecule has 0 saturated carbocycles. The Balaban J connectivity index is -0.000000142. The smallest absolute Gasteiger partial charge is 0.652 e. The first-order valence-corrected chi connectivity index (χ1v) is 3.09. The van der Waals surface area contributed by atoms with Gasteiger partial charge in [-0.2, -0.15) is 0 Å². The molecular formula is C6H14CaNO4. The third-order valence-electron chi connectivity index (χ3n) is 0.771. The number of hydrogen-bond acceptors (Lipinski definition) is 4. The van der Waals surface area contributed by atoms with Crippen molar-refractivity contribution < 1.29 is 24.6 Å². The van der Waals surface area contributed by atoms with Crippen molar-refractivity contribution in [3.63, 3.8) is 0 Å². The Kier molecular flexibility index (Phi) is 14.5. The average Bonchev–Trinajstić information content (AvgIpc) is 1.58. The van der Waals surface area contributed by atoms with Crippen LogP contribution in [0.15, 0.2) is 0 Å². The molecule has 12 heavy (non-hydrogen) atoms. The molecule has 69 valence electrons. The largest absolute Gasteiger partial charge is 1.00 e.